The summed E-state index contributed by atoms with van der Waals surface area (Å²) >= 11 is 0. The third kappa shape index (κ3) is 2.99. The minimum atomic E-state index is 0.322. The molecule has 3 rings (SSSR count). The lowest BCUT2D eigenvalue weighted by atomic mass is 10.2. The van der Waals surface area contributed by atoms with Gasteiger partial charge in [-0.15, -0.1) is 0 Å². The van der Waals surface area contributed by atoms with Crippen molar-refractivity contribution >= 4 is 17.5 Å². The van der Waals surface area contributed by atoms with E-state index in [1.165, 1.54) is 5.69 Å². The third-order valence-corrected chi connectivity index (χ3v) is 3.68. The zero-order valence-corrected chi connectivity index (χ0v) is 12.1. The molecule has 0 radical (unpaired) electrons. The molecular formula is C15H19N5O. The molecule has 6 nitrogen and oxygen atoms in total. The van der Waals surface area contributed by atoms with E-state index in [-0.39, 0.29) is 0 Å². The van der Waals surface area contributed by atoms with Crippen molar-refractivity contribution < 1.29 is 4.74 Å². The fourth-order valence-corrected chi connectivity index (χ4v) is 2.54. The van der Waals surface area contributed by atoms with Crippen LogP contribution in [0.1, 0.15) is 0 Å². The summed E-state index contributed by atoms with van der Waals surface area (Å²) in [6.45, 7) is 3.70. The van der Waals surface area contributed by atoms with Crippen LogP contribution in [0.2, 0.25) is 0 Å². The van der Waals surface area contributed by atoms with Gasteiger partial charge in [-0.25, -0.2) is 4.98 Å². The van der Waals surface area contributed by atoms with Crippen molar-refractivity contribution in [3.8, 4) is 5.75 Å². The second kappa shape index (κ2) is 5.87. The van der Waals surface area contributed by atoms with Gasteiger partial charge in [0, 0.05) is 44.1 Å². The molecule has 1 saturated heterocycles. The molecule has 110 valence electrons. The van der Waals surface area contributed by atoms with Crippen LogP contribution in [-0.4, -0.2) is 43.3 Å². The van der Waals surface area contributed by atoms with Gasteiger partial charge in [0.1, 0.15) is 11.6 Å². The van der Waals surface area contributed by atoms with Crippen LogP contribution in [0, 0.1) is 0 Å². The number of rotatable bonds is 3. The molecule has 1 aromatic carbocycles. The van der Waals surface area contributed by atoms with Gasteiger partial charge in [0.05, 0.1) is 7.11 Å². The number of benzene rings is 1. The highest BCUT2D eigenvalue weighted by atomic mass is 16.5. The lowest BCUT2D eigenvalue weighted by Crippen LogP contribution is -2.46. The van der Waals surface area contributed by atoms with Crippen molar-refractivity contribution in [1.82, 2.24) is 9.97 Å². The number of nitrogens with zero attached hydrogens (tertiary/aromatic N) is 4. The molecular weight excluding hydrogens is 266 g/mol. The Bertz CT molecular complexity index is 611. The van der Waals surface area contributed by atoms with E-state index in [2.05, 4.69) is 31.9 Å². The van der Waals surface area contributed by atoms with Crippen molar-refractivity contribution in [1.29, 1.82) is 0 Å². The van der Waals surface area contributed by atoms with Crippen molar-refractivity contribution in [3.63, 3.8) is 0 Å². The molecule has 1 fully saturated rings. The normalized spacial score (nSPS) is 15.1. The fraction of sp³-hybridized carbons (Fsp3) is 0.333. The second-order valence-electron chi connectivity index (χ2n) is 4.95. The predicted molar refractivity (Wildman–Crippen MR) is 83.9 cm³/mol. The van der Waals surface area contributed by atoms with Gasteiger partial charge >= 0.3 is 0 Å². The maximum Gasteiger partial charge on any atom is 0.221 e. The summed E-state index contributed by atoms with van der Waals surface area (Å²) in [5, 5.41) is 0. The molecule has 6 heteroatoms. The Morgan fingerprint density at radius 2 is 1.86 bits per heavy atom. The predicted octanol–water partition coefficient (Wildman–Crippen LogP) is 1.39. The largest absolute Gasteiger partial charge is 0.497 e. The Morgan fingerprint density at radius 1 is 1.10 bits per heavy atom. The number of hydrogen-bond acceptors (Lipinski definition) is 6. The van der Waals surface area contributed by atoms with Crippen LogP contribution < -0.4 is 20.3 Å². The molecule has 0 spiro atoms. The van der Waals surface area contributed by atoms with E-state index in [0.29, 0.717) is 5.95 Å². The molecule has 0 unspecified atom stereocenters. The Labute approximate surface area is 124 Å². The van der Waals surface area contributed by atoms with Gasteiger partial charge in [0.25, 0.3) is 0 Å². The van der Waals surface area contributed by atoms with E-state index in [0.717, 1.165) is 37.7 Å². The maximum atomic E-state index is 5.64. The zero-order chi connectivity index (χ0) is 14.7. The Balaban J connectivity index is 1.67. The standard InChI is InChI=1S/C15H19N5O/c1-21-13-4-2-3-12(11-13)19-7-9-20(10-8-19)14-5-6-17-15(16)18-14/h2-6,11H,7-10H2,1H3,(H2,16,17,18). The average Bonchev–Trinajstić information content (AvgIpc) is 2.55. The average molecular weight is 285 g/mol. The summed E-state index contributed by atoms with van der Waals surface area (Å²) in [7, 11) is 1.69. The number of hydrogen-bond donors (Lipinski definition) is 1. The van der Waals surface area contributed by atoms with Crippen molar-refractivity contribution in [3.05, 3.63) is 36.5 Å². The molecule has 0 amide bonds. The van der Waals surface area contributed by atoms with E-state index in [1.807, 2.05) is 18.2 Å². The topological polar surface area (TPSA) is 67.5 Å². The SMILES string of the molecule is COc1cccc(N2CCN(c3ccnc(N)n3)CC2)c1. The second-order valence-corrected chi connectivity index (χ2v) is 4.95. The minimum absolute atomic E-state index is 0.322. The van der Waals surface area contributed by atoms with Crippen LogP contribution in [-0.2, 0) is 0 Å². The highest BCUT2D eigenvalue weighted by Crippen LogP contribution is 2.23. The molecule has 2 N–H and O–H groups in total. The lowest BCUT2D eigenvalue weighted by Gasteiger charge is -2.36. The molecule has 1 aromatic heterocycles. The van der Waals surface area contributed by atoms with Gasteiger partial charge in [-0.05, 0) is 18.2 Å². The summed E-state index contributed by atoms with van der Waals surface area (Å²) in [6, 6.07) is 10.1. The van der Waals surface area contributed by atoms with Gasteiger partial charge in [0.2, 0.25) is 5.95 Å². The molecule has 0 saturated carbocycles. The third-order valence-electron chi connectivity index (χ3n) is 3.68. The van der Waals surface area contributed by atoms with E-state index in [4.69, 9.17) is 10.5 Å². The first kappa shape index (κ1) is 13.5. The molecule has 0 bridgehead atoms. The summed E-state index contributed by atoms with van der Waals surface area (Å²) < 4.78 is 5.28. The number of ether oxygens (including phenoxy) is 1. The number of nitrogen functional groups attached to an aromatic ring is 1. The Hall–Kier alpha value is -2.50. The van der Waals surface area contributed by atoms with E-state index >= 15 is 0 Å². The monoisotopic (exact) mass is 285 g/mol. The summed E-state index contributed by atoms with van der Waals surface area (Å²) in [4.78, 5) is 12.8. The van der Waals surface area contributed by atoms with Gasteiger partial charge < -0.3 is 20.3 Å². The Kier molecular flexibility index (Phi) is 3.77. The van der Waals surface area contributed by atoms with E-state index < -0.39 is 0 Å². The number of nitrogens with two attached hydrogens (primary N) is 1. The smallest absolute Gasteiger partial charge is 0.221 e. The highest BCUT2D eigenvalue weighted by molar-refractivity contribution is 5.53. The van der Waals surface area contributed by atoms with Gasteiger partial charge in [0.15, 0.2) is 0 Å². The molecule has 21 heavy (non-hydrogen) atoms. The molecule has 0 atom stereocenters. The first-order chi connectivity index (χ1) is 10.3. The summed E-state index contributed by atoms with van der Waals surface area (Å²) in [6.07, 6.45) is 1.70. The maximum absolute atomic E-state index is 5.64. The Morgan fingerprint density at radius 3 is 2.57 bits per heavy atom. The van der Waals surface area contributed by atoms with Gasteiger partial charge in [-0.1, -0.05) is 6.07 Å². The fourth-order valence-electron chi connectivity index (χ4n) is 2.54. The van der Waals surface area contributed by atoms with Crippen molar-refractivity contribution in [2.75, 3.05) is 48.8 Å². The number of methoxy groups -OCH3 is 1. The molecule has 1 aliphatic heterocycles. The van der Waals surface area contributed by atoms with Crippen LogP contribution in [0.3, 0.4) is 0 Å². The summed E-state index contributed by atoms with van der Waals surface area (Å²) in [5.74, 6) is 2.11. The molecule has 2 heterocycles. The van der Waals surface area contributed by atoms with E-state index in [1.54, 1.807) is 13.3 Å². The molecule has 1 aliphatic rings. The molecule has 0 aliphatic carbocycles. The van der Waals surface area contributed by atoms with Crippen LogP contribution in [0.25, 0.3) is 0 Å². The van der Waals surface area contributed by atoms with Gasteiger partial charge in [-0.3, -0.25) is 0 Å². The van der Waals surface area contributed by atoms with Crippen LogP contribution >= 0.6 is 0 Å². The lowest BCUT2D eigenvalue weighted by molar-refractivity contribution is 0.414. The highest BCUT2D eigenvalue weighted by Gasteiger charge is 2.18. The van der Waals surface area contributed by atoms with Crippen molar-refractivity contribution in [2.24, 2.45) is 0 Å². The number of aromatic nitrogens is 2. The summed E-state index contributed by atoms with van der Waals surface area (Å²) in [5.41, 5.74) is 6.83. The van der Waals surface area contributed by atoms with Gasteiger partial charge in [-0.2, -0.15) is 4.98 Å². The minimum Gasteiger partial charge on any atom is -0.497 e. The quantitative estimate of drug-likeness (QED) is 0.919. The molecule has 2 aromatic rings. The number of piperazine rings is 1. The van der Waals surface area contributed by atoms with Crippen molar-refractivity contribution in [2.45, 2.75) is 0 Å². The van der Waals surface area contributed by atoms with Crippen LogP contribution in [0.15, 0.2) is 36.5 Å². The number of anilines is 3. The zero-order valence-electron chi connectivity index (χ0n) is 12.1. The van der Waals surface area contributed by atoms with Crippen LogP contribution in [0.5, 0.6) is 5.75 Å². The first-order valence-electron chi connectivity index (χ1n) is 6.99. The van der Waals surface area contributed by atoms with E-state index in [9.17, 15) is 0 Å². The van der Waals surface area contributed by atoms with Crippen LogP contribution in [0.4, 0.5) is 17.5 Å². The first-order valence-corrected chi connectivity index (χ1v) is 6.99.